The first-order valence-corrected chi connectivity index (χ1v) is 11.7. The molecule has 1 unspecified atom stereocenters. The predicted octanol–water partition coefficient (Wildman–Crippen LogP) is 5.71. The standard InChI is InChI=1S/C24H23ClF3N3O2S/c1-4-21(32)30-10-17(16-9-20(25)34-19(16)12-30)14-7-5-6-8-15(14)18-11-31(13-23(2,3)33)29-22(18)24(26,27)28/h4-9,11,17,33H,1,10,12-13H2,2-3H3. The fourth-order valence-corrected chi connectivity index (χ4v) is 5.66. The number of alkyl halides is 3. The fourth-order valence-electron chi connectivity index (χ4n) is 4.30. The van der Waals surface area contributed by atoms with Crippen LogP contribution in [-0.4, -0.2) is 37.8 Å². The highest BCUT2D eigenvalue weighted by molar-refractivity contribution is 7.16. The van der Waals surface area contributed by atoms with Crippen LogP contribution in [0, 0.1) is 0 Å². The zero-order valence-corrected chi connectivity index (χ0v) is 20.1. The number of carbonyl (C=O) groups is 1. The lowest BCUT2D eigenvalue weighted by atomic mass is 9.84. The Morgan fingerprint density at radius 1 is 1.29 bits per heavy atom. The van der Waals surface area contributed by atoms with E-state index in [-0.39, 0.29) is 30.5 Å². The molecule has 180 valence electrons. The van der Waals surface area contributed by atoms with E-state index in [0.29, 0.717) is 22.0 Å². The van der Waals surface area contributed by atoms with Crippen LogP contribution in [0.25, 0.3) is 11.1 Å². The van der Waals surface area contributed by atoms with E-state index in [0.717, 1.165) is 15.1 Å². The van der Waals surface area contributed by atoms with Crippen LogP contribution in [0.4, 0.5) is 13.2 Å². The Hall–Kier alpha value is -2.62. The highest BCUT2D eigenvalue weighted by atomic mass is 35.5. The monoisotopic (exact) mass is 509 g/mol. The van der Waals surface area contributed by atoms with Crippen LogP contribution in [0.1, 0.15) is 41.5 Å². The van der Waals surface area contributed by atoms with Gasteiger partial charge < -0.3 is 10.0 Å². The second kappa shape index (κ2) is 8.87. The summed E-state index contributed by atoms with van der Waals surface area (Å²) in [6, 6.07) is 8.64. The minimum Gasteiger partial charge on any atom is -0.389 e. The summed E-state index contributed by atoms with van der Waals surface area (Å²) in [7, 11) is 0. The number of carbonyl (C=O) groups excluding carboxylic acids is 1. The number of aromatic nitrogens is 2. The third-order valence-electron chi connectivity index (χ3n) is 5.62. The van der Waals surface area contributed by atoms with Crippen LogP contribution in [0.2, 0.25) is 4.34 Å². The van der Waals surface area contributed by atoms with Crippen molar-refractivity contribution in [2.45, 2.75) is 44.6 Å². The molecule has 3 heterocycles. The first-order chi connectivity index (χ1) is 15.9. The third-order valence-corrected chi connectivity index (χ3v) is 6.88. The Bertz CT molecular complexity index is 1240. The zero-order chi connectivity index (χ0) is 24.8. The number of amides is 1. The van der Waals surface area contributed by atoms with E-state index >= 15 is 0 Å². The maximum Gasteiger partial charge on any atom is 0.435 e. The molecule has 0 saturated carbocycles. The van der Waals surface area contributed by atoms with Gasteiger partial charge in [-0.05, 0) is 42.7 Å². The fraction of sp³-hybridized carbons (Fsp3) is 0.333. The number of hydrogen-bond donors (Lipinski definition) is 1. The average Bonchev–Trinajstić information content (AvgIpc) is 3.33. The van der Waals surface area contributed by atoms with Crippen molar-refractivity contribution in [3.63, 3.8) is 0 Å². The molecule has 5 nitrogen and oxygen atoms in total. The van der Waals surface area contributed by atoms with Crippen LogP contribution in [0.15, 0.2) is 49.2 Å². The average molecular weight is 510 g/mol. The van der Waals surface area contributed by atoms with E-state index < -0.39 is 17.5 Å². The van der Waals surface area contributed by atoms with Crippen LogP contribution < -0.4 is 0 Å². The quantitative estimate of drug-likeness (QED) is 0.448. The number of aliphatic hydroxyl groups is 1. The van der Waals surface area contributed by atoms with Crippen LogP contribution in [-0.2, 0) is 24.1 Å². The molecule has 1 aromatic carbocycles. The lowest BCUT2D eigenvalue weighted by molar-refractivity contribution is -0.141. The molecule has 4 rings (SSSR count). The summed E-state index contributed by atoms with van der Waals surface area (Å²) in [5, 5.41) is 13.9. The van der Waals surface area contributed by atoms with Crippen LogP contribution >= 0.6 is 22.9 Å². The van der Waals surface area contributed by atoms with Gasteiger partial charge in [-0.15, -0.1) is 11.3 Å². The van der Waals surface area contributed by atoms with Crippen LogP contribution in [0.3, 0.4) is 0 Å². The smallest absolute Gasteiger partial charge is 0.389 e. The summed E-state index contributed by atoms with van der Waals surface area (Å²) in [4.78, 5) is 14.9. The third kappa shape index (κ3) is 4.92. The molecule has 1 amide bonds. The second-order valence-corrected chi connectivity index (χ2v) is 10.7. The van der Waals surface area contributed by atoms with Crippen molar-refractivity contribution >= 4 is 28.8 Å². The van der Waals surface area contributed by atoms with Gasteiger partial charge in [-0.1, -0.05) is 42.4 Å². The molecule has 3 aromatic rings. The number of nitrogens with zero attached hydrogens (tertiary/aromatic N) is 3. The van der Waals surface area contributed by atoms with E-state index in [4.69, 9.17) is 11.6 Å². The Morgan fingerprint density at radius 3 is 2.65 bits per heavy atom. The van der Waals surface area contributed by atoms with E-state index in [1.54, 1.807) is 29.2 Å². The van der Waals surface area contributed by atoms with Crippen molar-refractivity contribution in [3.05, 3.63) is 75.2 Å². The Kier molecular flexibility index (Phi) is 6.39. The second-order valence-electron chi connectivity index (χ2n) is 8.89. The minimum atomic E-state index is -4.69. The van der Waals surface area contributed by atoms with E-state index in [1.807, 2.05) is 6.07 Å². The molecule has 10 heteroatoms. The number of rotatable bonds is 5. The lowest BCUT2D eigenvalue weighted by Gasteiger charge is -2.33. The molecule has 1 aliphatic rings. The van der Waals surface area contributed by atoms with Crippen molar-refractivity contribution in [1.29, 1.82) is 0 Å². The van der Waals surface area contributed by atoms with E-state index in [1.165, 1.54) is 37.5 Å². The van der Waals surface area contributed by atoms with Gasteiger partial charge in [-0.2, -0.15) is 18.3 Å². The number of hydrogen-bond acceptors (Lipinski definition) is 4. The Labute approximate surface area is 204 Å². The van der Waals surface area contributed by atoms with Crippen molar-refractivity contribution in [1.82, 2.24) is 14.7 Å². The highest BCUT2D eigenvalue weighted by Crippen LogP contribution is 2.45. The summed E-state index contributed by atoms with van der Waals surface area (Å²) >= 11 is 7.63. The van der Waals surface area contributed by atoms with Crippen molar-refractivity contribution in [2.24, 2.45) is 0 Å². The van der Waals surface area contributed by atoms with Gasteiger partial charge in [0.2, 0.25) is 5.91 Å². The molecule has 0 fully saturated rings. The van der Waals surface area contributed by atoms with E-state index in [2.05, 4.69) is 11.7 Å². The van der Waals surface area contributed by atoms with Gasteiger partial charge in [-0.3, -0.25) is 9.48 Å². The van der Waals surface area contributed by atoms with Gasteiger partial charge in [0.1, 0.15) is 0 Å². The number of halogens is 4. The highest BCUT2D eigenvalue weighted by Gasteiger charge is 2.39. The predicted molar refractivity (Wildman–Crippen MR) is 126 cm³/mol. The Balaban J connectivity index is 1.88. The zero-order valence-electron chi connectivity index (χ0n) is 18.6. The molecule has 0 aliphatic carbocycles. The van der Waals surface area contributed by atoms with Gasteiger partial charge in [0, 0.05) is 29.1 Å². The normalized spacial score (nSPS) is 16.4. The van der Waals surface area contributed by atoms with Gasteiger partial charge in [0.25, 0.3) is 0 Å². The summed E-state index contributed by atoms with van der Waals surface area (Å²) < 4.78 is 43.6. The van der Waals surface area contributed by atoms with Gasteiger partial charge >= 0.3 is 6.18 Å². The molecule has 1 N–H and O–H groups in total. The molecule has 2 aromatic heterocycles. The maximum absolute atomic E-state index is 14.0. The largest absolute Gasteiger partial charge is 0.435 e. The first kappa shape index (κ1) is 24.5. The topological polar surface area (TPSA) is 58.4 Å². The number of thiophene rings is 1. The van der Waals surface area contributed by atoms with Gasteiger partial charge in [-0.25, -0.2) is 0 Å². The molecule has 1 aliphatic heterocycles. The van der Waals surface area contributed by atoms with Crippen molar-refractivity contribution in [2.75, 3.05) is 6.54 Å². The SMILES string of the molecule is C=CC(=O)N1Cc2sc(Cl)cc2C(c2ccccc2-c2cn(CC(C)(C)O)nc2C(F)(F)F)C1. The molecular formula is C24H23ClF3N3O2S. The van der Waals surface area contributed by atoms with Gasteiger partial charge in [0.05, 0.1) is 23.0 Å². The molecule has 0 radical (unpaired) electrons. The maximum atomic E-state index is 14.0. The number of fused-ring (bicyclic) bond motifs is 1. The lowest BCUT2D eigenvalue weighted by Crippen LogP contribution is -2.37. The molecule has 0 saturated heterocycles. The molecule has 0 bridgehead atoms. The molecule has 0 spiro atoms. The summed E-state index contributed by atoms with van der Waals surface area (Å²) in [6.07, 6.45) is -2.15. The first-order valence-electron chi connectivity index (χ1n) is 10.5. The summed E-state index contributed by atoms with van der Waals surface area (Å²) in [5.41, 5.74) is -0.461. The molecular weight excluding hydrogens is 487 g/mol. The van der Waals surface area contributed by atoms with Gasteiger partial charge in [0.15, 0.2) is 5.69 Å². The van der Waals surface area contributed by atoms with Crippen LogP contribution in [0.5, 0.6) is 0 Å². The molecule has 34 heavy (non-hydrogen) atoms. The Morgan fingerprint density at radius 2 is 2.00 bits per heavy atom. The number of benzene rings is 1. The summed E-state index contributed by atoms with van der Waals surface area (Å²) in [6.45, 7) is 7.11. The van der Waals surface area contributed by atoms with Crippen molar-refractivity contribution in [3.8, 4) is 11.1 Å². The molecule has 1 atom stereocenters. The van der Waals surface area contributed by atoms with Crippen molar-refractivity contribution < 1.29 is 23.1 Å². The summed E-state index contributed by atoms with van der Waals surface area (Å²) in [5.74, 6) is -0.641. The van der Waals surface area contributed by atoms with E-state index in [9.17, 15) is 23.1 Å². The minimum absolute atomic E-state index is 0.0811.